The topological polar surface area (TPSA) is 37.3 Å². The fourth-order valence-corrected chi connectivity index (χ4v) is 0.907. The SMILES string of the molecule is CC([CH2][GeH3])C(=O)O. The minimum atomic E-state index is -0.659. The van der Waals surface area contributed by atoms with E-state index in [0.717, 1.165) is 5.25 Å². The van der Waals surface area contributed by atoms with Crippen molar-refractivity contribution < 1.29 is 9.90 Å². The summed E-state index contributed by atoms with van der Waals surface area (Å²) in [5.41, 5.74) is 0. The van der Waals surface area contributed by atoms with Gasteiger partial charge >= 0.3 is 50.5 Å². The zero-order chi connectivity index (χ0) is 5.86. The quantitative estimate of drug-likeness (QED) is 0.556. The molecule has 0 amide bonds. The number of carboxylic acid groups (broad SMARTS) is 1. The van der Waals surface area contributed by atoms with Gasteiger partial charge in [-0.15, -0.1) is 0 Å². The summed E-state index contributed by atoms with van der Waals surface area (Å²) >= 11 is 0.685. The zero-order valence-electron chi connectivity index (χ0n) is 4.64. The Morgan fingerprint density at radius 3 is 2.43 bits per heavy atom. The molecule has 2 nitrogen and oxygen atoms in total. The van der Waals surface area contributed by atoms with E-state index in [1.807, 2.05) is 0 Å². The van der Waals surface area contributed by atoms with E-state index in [2.05, 4.69) is 0 Å². The van der Waals surface area contributed by atoms with Gasteiger partial charge in [0.05, 0.1) is 0 Å². The van der Waals surface area contributed by atoms with Crippen LogP contribution in [0.2, 0.25) is 5.25 Å². The van der Waals surface area contributed by atoms with Gasteiger partial charge < -0.3 is 0 Å². The van der Waals surface area contributed by atoms with Gasteiger partial charge in [0, 0.05) is 0 Å². The van der Waals surface area contributed by atoms with Gasteiger partial charge in [0.2, 0.25) is 0 Å². The average molecular weight is 163 g/mol. The van der Waals surface area contributed by atoms with E-state index >= 15 is 0 Å². The summed E-state index contributed by atoms with van der Waals surface area (Å²) in [6.07, 6.45) is 0. The van der Waals surface area contributed by atoms with Crippen LogP contribution in [-0.2, 0) is 4.79 Å². The normalized spacial score (nSPS) is 13.9. The van der Waals surface area contributed by atoms with Crippen molar-refractivity contribution >= 4 is 22.5 Å². The molecule has 0 saturated carbocycles. The molecule has 0 spiro atoms. The summed E-state index contributed by atoms with van der Waals surface area (Å²) < 4.78 is 0. The first-order chi connectivity index (χ1) is 3.18. The Morgan fingerprint density at radius 1 is 2.00 bits per heavy atom. The van der Waals surface area contributed by atoms with E-state index in [9.17, 15) is 4.79 Å². The molecule has 0 rings (SSSR count). The first-order valence-electron chi connectivity index (χ1n) is 2.41. The molecule has 0 aliphatic carbocycles. The number of hydrogen-bond acceptors (Lipinski definition) is 1. The molecule has 0 heterocycles. The number of carboxylic acids is 1. The minimum absolute atomic E-state index is 0.0972. The summed E-state index contributed by atoms with van der Waals surface area (Å²) in [6.45, 7) is 1.74. The number of aliphatic carboxylic acids is 1. The molecule has 7 heavy (non-hydrogen) atoms. The molecule has 0 fully saturated rings. The van der Waals surface area contributed by atoms with Crippen molar-refractivity contribution in [2.45, 2.75) is 12.2 Å². The third-order valence-corrected chi connectivity index (χ3v) is 3.60. The number of carbonyl (C=O) groups is 1. The molecule has 1 unspecified atom stereocenters. The van der Waals surface area contributed by atoms with Gasteiger partial charge in [-0.3, -0.25) is 0 Å². The first-order valence-corrected chi connectivity index (χ1v) is 5.38. The molecule has 1 N–H and O–H groups in total. The summed E-state index contributed by atoms with van der Waals surface area (Å²) in [6, 6.07) is 0. The molecular weight excluding hydrogens is 153 g/mol. The Morgan fingerprint density at radius 2 is 2.43 bits per heavy atom. The molecule has 1 atom stereocenters. The summed E-state index contributed by atoms with van der Waals surface area (Å²) in [5.74, 6) is -0.756. The van der Waals surface area contributed by atoms with Crippen LogP contribution >= 0.6 is 0 Å². The second-order valence-electron chi connectivity index (χ2n) is 1.65. The van der Waals surface area contributed by atoms with E-state index in [1.165, 1.54) is 0 Å². The van der Waals surface area contributed by atoms with Gasteiger partial charge in [0.1, 0.15) is 0 Å². The van der Waals surface area contributed by atoms with Crippen LogP contribution in [0.15, 0.2) is 0 Å². The maximum absolute atomic E-state index is 9.96. The Balaban J connectivity index is 3.34. The molecule has 0 aromatic carbocycles. The van der Waals surface area contributed by atoms with Gasteiger partial charge in [-0.1, -0.05) is 0 Å². The van der Waals surface area contributed by atoms with Crippen LogP contribution in [0.1, 0.15) is 6.92 Å². The molecule has 0 radical (unpaired) electrons. The summed E-state index contributed by atoms with van der Waals surface area (Å²) in [5, 5.41) is 9.12. The monoisotopic (exact) mass is 164 g/mol. The van der Waals surface area contributed by atoms with Crippen molar-refractivity contribution in [2.24, 2.45) is 5.92 Å². The fraction of sp³-hybridized carbons (Fsp3) is 0.750. The Kier molecular flexibility index (Phi) is 3.08. The standard InChI is InChI=1S/C4H10GeO2/c1-3(2-5)4(6)7/h3H,2H2,1,5H3,(H,6,7). The average Bonchev–Trinajstić information content (AvgIpc) is 1.65. The second kappa shape index (κ2) is 3.07. The summed E-state index contributed by atoms with van der Waals surface area (Å²) in [7, 11) is 0. The third kappa shape index (κ3) is 2.68. The molecule has 0 aromatic heterocycles. The van der Waals surface area contributed by atoms with Crippen molar-refractivity contribution in [3.05, 3.63) is 0 Å². The Labute approximate surface area is 51.1 Å². The molecular formula is C4H10GeO2. The van der Waals surface area contributed by atoms with Gasteiger partial charge in [-0.2, -0.15) is 0 Å². The van der Waals surface area contributed by atoms with Gasteiger partial charge in [-0.25, -0.2) is 0 Å². The molecule has 0 aliphatic heterocycles. The van der Waals surface area contributed by atoms with Crippen LogP contribution in [-0.4, -0.2) is 27.6 Å². The second-order valence-corrected chi connectivity index (χ2v) is 3.36. The van der Waals surface area contributed by atoms with E-state index < -0.39 is 5.97 Å². The van der Waals surface area contributed by atoms with Crippen molar-refractivity contribution in [1.82, 2.24) is 0 Å². The number of hydrogen-bond donors (Lipinski definition) is 1. The van der Waals surface area contributed by atoms with Crippen molar-refractivity contribution in [3.8, 4) is 0 Å². The van der Waals surface area contributed by atoms with Crippen LogP contribution in [0.3, 0.4) is 0 Å². The van der Waals surface area contributed by atoms with Crippen LogP contribution in [0.4, 0.5) is 0 Å². The first kappa shape index (κ1) is 7.01. The van der Waals surface area contributed by atoms with Crippen molar-refractivity contribution in [3.63, 3.8) is 0 Å². The molecule has 0 aliphatic rings. The van der Waals surface area contributed by atoms with Crippen LogP contribution in [0.5, 0.6) is 0 Å². The van der Waals surface area contributed by atoms with E-state index in [0.29, 0.717) is 16.5 Å². The van der Waals surface area contributed by atoms with Crippen molar-refractivity contribution in [2.75, 3.05) is 0 Å². The molecule has 0 aromatic rings. The Hall–Kier alpha value is 0.0129. The van der Waals surface area contributed by atoms with Crippen molar-refractivity contribution in [1.29, 1.82) is 0 Å². The predicted octanol–water partition coefficient (Wildman–Crippen LogP) is -0.509. The predicted molar refractivity (Wildman–Crippen MR) is 31.5 cm³/mol. The summed E-state index contributed by atoms with van der Waals surface area (Å²) in [4.78, 5) is 9.96. The molecule has 0 bridgehead atoms. The van der Waals surface area contributed by atoms with Crippen LogP contribution < -0.4 is 0 Å². The zero-order valence-corrected chi connectivity index (χ0v) is 8.84. The van der Waals surface area contributed by atoms with Gasteiger partial charge in [0.25, 0.3) is 0 Å². The van der Waals surface area contributed by atoms with Crippen LogP contribution in [0.25, 0.3) is 0 Å². The van der Waals surface area contributed by atoms with E-state index in [-0.39, 0.29) is 5.92 Å². The number of rotatable bonds is 2. The van der Waals surface area contributed by atoms with Gasteiger partial charge in [-0.05, 0) is 0 Å². The van der Waals surface area contributed by atoms with E-state index in [1.54, 1.807) is 6.92 Å². The molecule has 3 heteroatoms. The maximum atomic E-state index is 9.96. The Bertz CT molecular complexity index is 72.1. The fourth-order valence-electron chi connectivity index (χ4n) is 0.175. The van der Waals surface area contributed by atoms with E-state index in [4.69, 9.17) is 5.11 Å². The van der Waals surface area contributed by atoms with Crippen LogP contribution in [0, 0.1) is 5.92 Å². The third-order valence-electron chi connectivity index (χ3n) is 1.03. The van der Waals surface area contributed by atoms with Gasteiger partial charge in [0.15, 0.2) is 0 Å². The molecule has 0 saturated heterocycles. The molecule has 42 valence electrons.